The topological polar surface area (TPSA) is 73.3 Å². The Morgan fingerprint density at radius 3 is 2.71 bits per heavy atom. The minimum absolute atomic E-state index is 0.0546. The number of pyridine rings is 2. The molecular weight excluding hydrogens is 397 g/mol. The monoisotopic (exact) mass is 417 g/mol. The number of amides is 1. The van der Waals surface area contributed by atoms with Crippen molar-refractivity contribution in [3.63, 3.8) is 0 Å². The quantitative estimate of drug-likeness (QED) is 0.487. The van der Waals surface area contributed by atoms with Gasteiger partial charge in [0.25, 0.3) is 5.91 Å². The second-order valence-electron chi connectivity index (χ2n) is 6.94. The Labute approximate surface area is 178 Å². The number of rotatable bonds is 6. The summed E-state index contributed by atoms with van der Waals surface area (Å²) >= 11 is 0. The molecule has 0 aliphatic carbocycles. The molecule has 0 atom stereocenters. The van der Waals surface area contributed by atoms with Crippen LogP contribution in [0.25, 0.3) is 10.9 Å². The summed E-state index contributed by atoms with van der Waals surface area (Å²) in [4.78, 5) is 20.9. The molecule has 0 aliphatic heterocycles. The minimum atomic E-state index is -0.576. The number of halogens is 1. The van der Waals surface area contributed by atoms with Gasteiger partial charge in [0.15, 0.2) is 11.6 Å². The molecule has 2 aromatic carbocycles. The molecule has 2 heterocycles. The number of nitrogens with zero attached hydrogens (tertiary/aromatic N) is 2. The molecule has 0 saturated heterocycles. The highest BCUT2D eigenvalue weighted by atomic mass is 19.1. The van der Waals surface area contributed by atoms with Crippen LogP contribution in [0.5, 0.6) is 17.2 Å². The zero-order valence-electron chi connectivity index (χ0n) is 17.1. The molecule has 2 aromatic heterocycles. The van der Waals surface area contributed by atoms with Crippen molar-refractivity contribution in [2.45, 2.75) is 13.5 Å². The molecule has 0 fully saturated rings. The SMILES string of the molecule is COc1cc2c(Oc3cc(C(=O)NCc4cccnc4)ccc3F)ccnc2cc1C. The minimum Gasteiger partial charge on any atom is -0.496 e. The first-order valence-corrected chi connectivity index (χ1v) is 9.63. The van der Waals surface area contributed by atoms with E-state index in [1.807, 2.05) is 19.1 Å². The Hall–Kier alpha value is -4.00. The van der Waals surface area contributed by atoms with Crippen molar-refractivity contribution in [1.82, 2.24) is 15.3 Å². The van der Waals surface area contributed by atoms with Gasteiger partial charge in [0.05, 0.1) is 12.6 Å². The number of benzene rings is 2. The first kappa shape index (κ1) is 20.3. The van der Waals surface area contributed by atoms with Gasteiger partial charge >= 0.3 is 0 Å². The van der Waals surface area contributed by atoms with E-state index in [0.717, 1.165) is 11.1 Å². The van der Waals surface area contributed by atoms with Crippen LogP contribution in [0.1, 0.15) is 21.5 Å². The molecule has 0 unspecified atom stereocenters. The standard InChI is InChI=1S/C24H20FN3O3/c1-15-10-20-18(12-22(15)30-2)21(7-9-27-20)31-23-11-17(5-6-19(23)25)24(29)28-14-16-4-3-8-26-13-16/h3-13H,14H2,1-2H3,(H,28,29). The zero-order chi connectivity index (χ0) is 21.8. The van der Waals surface area contributed by atoms with Crippen molar-refractivity contribution in [2.24, 2.45) is 0 Å². The molecule has 1 amide bonds. The van der Waals surface area contributed by atoms with Gasteiger partial charge in [-0.15, -0.1) is 0 Å². The molecule has 0 aliphatic rings. The molecule has 7 heteroatoms. The van der Waals surface area contributed by atoms with Crippen molar-refractivity contribution in [3.8, 4) is 17.2 Å². The molecular formula is C24H20FN3O3. The molecule has 6 nitrogen and oxygen atoms in total. The molecule has 0 bridgehead atoms. The Balaban J connectivity index is 1.60. The maximum atomic E-state index is 14.5. The van der Waals surface area contributed by atoms with Crippen LogP contribution < -0.4 is 14.8 Å². The van der Waals surface area contributed by atoms with E-state index >= 15 is 0 Å². The number of carbonyl (C=O) groups excluding carboxylic acids is 1. The summed E-state index contributed by atoms with van der Waals surface area (Å²) in [7, 11) is 1.58. The van der Waals surface area contributed by atoms with Gasteiger partial charge in [-0.2, -0.15) is 0 Å². The number of aryl methyl sites for hydroxylation is 1. The van der Waals surface area contributed by atoms with Crippen LogP contribution in [-0.2, 0) is 6.54 Å². The summed E-state index contributed by atoms with van der Waals surface area (Å²) < 4.78 is 25.7. The number of nitrogens with one attached hydrogen (secondary N) is 1. The predicted octanol–water partition coefficient (Wildman–Crippen LogP) is 4.81. The lowest BCUT2D eigenvalue weighted by molar-refractivity contribution is 0.0950. The molecule has 4 aromatic rings. The van der Waals surface area contributed by atoms with E-state index in [-0.39, 0.29) is 17.2 Å². The van der Waals surface area contributed by atoms with Crippen molar-refractivity contribution >= 4 is 16.8 Å². The third-order valence-electron chi connectivity index (χ3n) is 4.81. The lowest BCUT2D eigenvalue weighted by Gasteiger charge is -2.13. The third kappa shape index (κ3) is 4.45. The van der Waals surface area contributed by atoms with E-state index in [1.165, 1.54) is 18.2 Å². The van der Waals surface area contributed by atoms with Gasteiger partial charge < -0.3 is 14.8 Å². The van der Waals surface area contributed by atoms with Crippen LogP contribution in [0, 0.1) is 12.7 Å². The number of ether oxygens (including phenoxy) is 2. The maximum absolute atomic E-state index is 14.5. The van der Waals surface area contributed by atoms with Crippen molar-refractivity contribution in [3.05, 3.63) is 89.6 Å². The normalized spacial score (nSPS) is 10.7. The second-order valence-corrected chi connectivity index (χ2v) is 6.94. The van der Waals surface area contributed by atoms with Crippen LogP contribution in [-0.4, -0.2) is 23.0 Å². The Bertz CT molecular complexity index is 1250. The summed E-state index contributed by atoms with van der Waals surface area (Å²) in [5, 5.41) is 3.47. The zero-order valence-corrected chi connectivity index (χ0v) is 17.1. The summed E-state index contributed by atoms with van der Waals surface area (Å²) in [6, 6.07) is 13.0. The highest BCUT2D eigenvalue weighted by Crippen LogP contribution is 2.34. The van der Waals surface area contributed by atoms with Gasteiger partial charge in [-0.05, 0) is 60.5 Å². The van der Waals surface area contributed by atoms with E-state index in [1.54, 1.807) is 43.9 Å². The maximum Gasteiger partial charge on any atom is 0.251 e. The van der Waals surface area contributed by atoms with Crippen molar-refractivity contribution in [2.75, 3.05) is 7.11 Å². The highest BCUT2D eigenvalue weighted by Gasteiger charge is 2.14. The third-order valence-corrected chi connectivity index (χ3v) is 4.81. The first-order valence-electron chi connectivity index (χ1n) is 9.63. The van der Waals surface area contributed by atoms with Gasteiger partial charge in [-0.25, -0.2) is 4.39 Å². The van der Waals surface area contributed by atoms with Crippen LogP contribution in [0.4, 0.5) is 4.39 Å². The smallest absolute Gasteiger partial charge is 0.251 e. The lowest BCUT2D eigenvalue weighted by Crippen LogP contribution is -2.22. The van der Waals surface area contributed by atoms with Gasteiger partial charge in [0.1, 0.15) is 11.5 Å². The molecule has 0 spiro atoms. The summed E-state index contributed by atoms with van der Waals surface area (Å²) in [6.07, 6.45) is 4.92. The van der Waals surface area contributed by atoms with E-state index in [9.17, 15) is 9.18 Å². The Morgan fingerprint density at radius 1 is 1.06 bits per heavy atom. The van der Waals surface area contributed by atoms with E-state index < -0.39 is 5.82 Å². The fourth-order valence-electron chi connectivity index (χ4n) is 3.19. The Kier molecular flexibility index (Phi) is 5.75. The second kappa shape index (κ2) is 8.79. The van der Waals surface area contributed by atoms with Gasteiger partial charge in [-0.1, -0.05) is 6.07 Å². The number of fused-ring (bicyclic) bond motifs is 1. The van der Waals surface area contributed by atoms with Crippen LogP contribution >= 0.6 is 0 Å². The molecule has 0 saturated carbocycles. The van der Waals surface area contributed by atoms with Gasteiger partial charge in [0.2, 0.25) is 0 Å². The van der Waals surface area contributed by atoms with Crippen molar-refractivity contribution in [1.29, 1.82) is 0 Å². The molecule has 1 N–H and O–H groups in total. The fraction of sp³-hybridized carbons (Fsp3) is 0.125. The van der Waals surface area contributed by atoms with Crippen LogP contribution in [0.15, 0.2) is 67.1 Å². The highest BCUT2D eigenvalue weighted by molar-refractivity contribution is 5.94. The largest absolute Gasteiger partial charge is 0.496 e. The summed E-state index contributed by atoms with van der Waals surface area (Å²) in [6.45, 7) is 2.23. The number of carbonyl (C=O) groups is 1. The van der Waals surface area contributed by atoms with Crippen LogP contribution in [0.2, 0.25) is 0 Å². The van der Waals surface area contributed by atoms with Gasteiger partial charge in [-0.3, -0.25) is 14.8 Å². The van der Waals surface area contributed by atoms with E-state index in [4.69, 9.17) is 9.47 Å². The Morgan fingerprint density at radius 2 is 1.94 bits per heavy atom. The molecule has 4 rings (SSSR count). The molecule has 0 radical (unpaired) electrons. The number of methoxy groups -OCH3 is 1. The molecule has 156 valence electrons. The van der Waals surface area contributed by atoms with E-state index in [0.29, 0.717) is 28.9 Å². The van der Waals surface area contributed by atoms with Crippen molar-refractivity contribution < 1.29 is 18.7 Å². The lowest BCUT2D eigenvalue weighted by atomic mass is 10.1. The average molecular weight is 417 g/mol. The summed E-state index contributed by atoms with van der Waals surface area (Å²) in [5.74, 6) is 0.115. The fourth-order valence-corrected chi connectivity index (χ4v) is 3.19. The number of hydrogen-bond acceptors (Lipinski definition) is 5. The number of aromatic nitrogens is 2. The van der Waals surface area contributed by atoms with Gasteiger partial charge in [0, 0.05) is 36.1 Å². The molecule has 31 heavy (non-hydrogen) atoms. The predicted molar refractivity (Wildman–Crippen MR) is 115 cm³/mol. The van der Waals surface area contributed by atoms with E-state index in [2.05, 4.69) is 15.3 Å². The first-order chi connectivity index (χ1) is 15.0. The van der Waals surface area contributed by atoms with Crippen LogP contribution in [0.3, 0.4) is 0 Å². The summed E-state index contributed by atoms with van der Waals surface area (Å²) in [5.41, 5.74) is 2.77. The number of hydrogen-bond donors (Lipinski definition) is 1. The average Bonchev–Trinajstić information content (AvgIpc) is 2.79.